The van der Waals surface area contributed by atoms with Gasteiger partial charge in [0.15, 0.2) is 0 Å². The topological polar surface area (TPSA) is 30.5 Å². The Morgan fingerprint density at radius 3 is 3.00 bits per heavy atom. The molecule has 0 spiro atoms. The van der Waals surface area contributed by atoms with E-state index in [1.165, 1.54) is 0 Å². The summed E-state index contributed by atoms with van der Waals surface area (Å²) in [7, 11) is 3.69. The summed E-state index contributed by atoms with van der Waals surface area (Å²) in [6, 6.07) is 0.486. The second-order valence-corrected chi connectivity index (χ2v) is 2.65. The first kappa shape index (κ1) is 7.98. The van der Waals surface area contributed by atoms with Gasteiger partial charge in [0, 0.05) is 19.1 Å². The molecule has 1 rings (SSSR count). The Labute approximate surface area is 61.7 Å². The van der Waals surface area contributed by atoms with E-state index < -0.39 is 0 Å². The summed E-state index contributed by atoms with van der Waals surface area (Å²) < 4.78 is 10.3. The highest BCUT2D eigenvalue weighted by atomic mass is 16.5. The molecular weight excluding hydrogens is 130 g/mol. The van der Waals surface area contributed by atoms with Crippen molar-refractivity contribution in [1.82, 2.24) is 5.32 Å². The Hall–Kier alpha value is -0.120. The van der Waals surface area contributed by atoms with E-state index in [-0.39, 0.29) is 0 Å². The molecule has 1 fully saturated rings. The average Bonchev–Trinajstić information content (AvgIpc) is 2.36. The summed E-state index contributed by atoms with van der Waals surface area (Å²) in [5.41, 5.74) is 0. The summed E-state index contributed by atoms with van der Waals surface area (Å²) >= 11 is 0. The van der Waals surface area contributed by atoms with Crippen LogP contribution in [0.1, 0.15) is 0 Å². The summed E-state index contributed by atoms with van der Waals surface area (Å²) in [5.74, 6) is 0.537. The van der Waals surface area contributed by atoms with Crippen molar-refractivity contribution in [2.45, 2.75) is 6.04 Å². The molecular formula is C7H15NO2. The van der Waals surface area contributed by atoms with Gasteiger partial charge in [0.25, 0.3) is 0 Å². The monoisotopic (exact) mass is 145 g/mol. The number of nitrogens with one attached hydrogen (secondary N) is 1. The molecule has 0 saturated carbocycles. The van der Waals surface area contributed by atoms with Gasteiger partial charge < -0.3 is 14.8 Å². The Kier molecular flexibility index (Phi) is 3.12. The molecule has 0 aromatic rings. The lowest BCUT2D eigenvalue weighted by Crippen LogP contribution is -2.34. The predicted octanol–water partition coefficient (Wildman–Crippen LogP) is -0.133. The van der Waals surface area contributed by atoms with Crippen LogP contribution >= 0.6 is 0 Å². The number of likely N-dealkylation sites (N-methyl/N-ethyl adjacent to an activating group) is 1. The largest absolute Gasteiger partial charge is 0.384 e. The van der Waals surface area contributed by atoms with Gasteiger partial charge in [-0.15, -0.1) is 0 Å². The molecule has 0 bridgehead atoms. The summed E-state index contributed by atoms with van der Waals surface area (Å²) in [6.45, 7) is 2.45. The van der Waals surface area contributed by atoms with Crippen LogP contribution in [-0.2, 0) is 9.47 Å². The van der Waals surface area contributed by atoms with E-state index in [1.54, 1.807) is 7.11 Å². The van der Waals surface area contributed by atoms with E-state index in [1.807, 2.05) is 7.05 Å². The molecule has 1 aliphatic rings. The lowest BCUT2D eigenvalue weighted by atomic mass is 10.1. The van der Waals surface area contributed by atoms with Crippen LogP contribution < -0.4 is 5.32 Å². The van der Waals surface area contributed by atoms with E-state index in [2.05, 4.69) is 5.32 Å². The summed E-state index contributed by atoms with van der Waals surface area (Å²) in [5, 5.41) is 3.19. The van der Waals surface area contributed by atoms with Crippen molar-refractivity contribution in [3.63, 3.8) is 0 Å². The zero-order chi connectivity index (χ0) is 7.40. The van der Waals surface area contributed by atoms with Gasteiger partial charge in [-0.2, -0.15) is 0 Å². The lowest BCUT2D eigenvalue weighted by Gasteiger charge is -2.14. The molecule has 60 valence electrons. The van der Waals surface area contributed by atoms with Gasteiger partial charge in [0.1, 0.15) is 0 Å². The second kappa shape index (κ2) is 3.91. The zero-order valence-electron chi connectivity index (χ0n) is 6.59. The Bertz CT molecular complexity index is 97.6. The third-order valence-electron chi connectivity index (χ3n) is 1.95. The normalized spacial score (nSPS) is 33.0. The van der Waals surface area contributed by atoms with Crippen LogP contribution in [0, 0.1) is 5.92 Å². The number of rotatable bonds is 3. The Morgan fingerprint density at radius 1 is 1.60 bits per heavy atom. The van der Waals surface area contributed by atoms with Crippen molar-refractivity contribution >= 4 is 0 Å². The molecule has 10 heavy (non-hydrogen) atoms. The minimum atomic E-state index is 0.486. The summed E-state index contributed by atoms with van der Waals surface area (Å²) in [6.07, 6.45) is 0. The molecule has 0 aromatic carbocycles. The van der Waals surface area contributed by atoms with Crippen LogP contribution in [0.3, 0.4) is 0 Å². The molecule has 3 heteroatoms. The van der Waals surface area contributed by atoms with Gasteiger partial charge in [-0.25, -0.2) is 0 Å². The standard InChI is InChI=1S/C7H15NO2/c1-8-7-5-10-4-6(7)3-9-2/h6-8H,3-5H2,1-2H3/t6-,7+/m0/s1. The fourth-order valence-corrected chi connectivity index (χ4v) is 1.30. The minimum absolute atomic E-state index is 0.486. The molecule has 0 aliphatic carbocycles. The maximum absolute atomic E-state index is 5.27. The number of ether oxygens (including phenoxy) is 2. The van der Waals surface area contributed by atoms with Crippen LogP contribution in [-0.4, -0.2) is 40.0 Å². The fourth-order valence-electron chi connectivity index (χ4n) is 1.30. The van der Waals surface area contributed by atoms with Crippen LogP contribution in [0.2, 0.25) is 0 Å². The van der Waals surface area contributed by atoms with Crippen molar-refractivity contribution in [2.24, 2.45) is 5.92 Å². The van der Waals surface area contributed by atoms with Gasteiger partial charge >= 0.3 is 0 Å². The van der Waals surface area contributed by atoms with Crippen molar-refractivity contribution < 1.29 is 9.47 Å². The molecule has 1 saturated heterocycles. The van der Waals surface area contributed by atoms with E-state index in [0.29, 0.717) is 12.0 Å². The Balaban J connectivity index is 2.27. The highest BCUT2D eigenvalue weighted by Gasteiger charge is 2.26. The highest BCUT2D eigenvalue weighted by molar-refractivity contribution is 4.79. The van der Waals surface area contributed by atoms with E-state index >= 15 is 0 Å². The van der Waals surface area contributed by atoms with Crippen molar-refractivity contribution in [1.29, 1.82) is 0 Å². The van der Waals surface area contributed by atoms with E-state index in [0.717, 1.165) is 19.8 Å². The molecule has 0 aromatic heterocycles. The zero-order valence-corrected chi connectivity index (χ0v) is 6.59. The van der Waals surface area contributed by atoms with Gasteiger partial charge in [0.2, 0.25) is 0 Å². The molecule has 1 heterocycles. The third-order valence-corrected chi connectivity index (χ3v) is 1.95. The smallest absolute Gasteiger partial charge is 0.0624 e. The minimum Gasteiger partial charge on any atom is -0.384 e. The molecule has 0 amide bonds. The number of hydrogen-bond donors (Lipinski definition) is 1. The highest BCUT2D eigenvalue weighted by Crippen LogP contribution is 2.12. The average molecular weight is 145 g/mol. The van der Waals surface area contributed by atoms with Gasteiger partial charge in [0.05, 0.1) is 19.8 Å². The second-order valence-electron chi connectivity index (χ2n) is 2.65. The number of methoxy groups -OCH3 is 1. The summed E-state index contributed by atoms with van der Waals surface area (Å²) in [4.78, 5) is 0. The van der Waals surface area contributed by atoms with Crippen molar-refractivity contribution in [3.8, 4) is 0 Å². The SMILES string of the molecule is CN[C@@H]1COC[C@@H]1COC. The molecule has 3 nitrogen and oxygen atoms in total. The first-order chi connectivity index (χ1) is 4.88. The van der Waals surface area contributed by atoms with Gasteiger partial charge in [-0.3, -0.25) is 0 Å². The molecule has 0 unspecified atom stereocenters. The van der Waals surface area contributed by atoms with Gasteiger partial charge in [-0.1, -0.05) is 0 Å². The number of hydrogen-bond acceptors (Lipinski definition) is 3. The van der Waals surface area contributed by atoms with Crippen LogP contribution in [0.5, 0.6) is 0 Å². The van der Waals surface area contributed by atoms with E-state index in [9.17, 15) is 0 Å². The fraction of sp³-hybridized carbons (Fsp3) is 1.00. The van der Waals surface area contributed by atoms with Crippen LogP contribution in [0.25, 0.3) is 0 Å². The van der Waals surface area contributed by atoms with Crippen LogP contribution in [0.15, 0.2) is 0 Å². The van der Waals surface area contributed by atoms with E-state index in [4.69, 9.17) is 9.47 Å². The molecule has 1 N–H and O–H groups in total. The Morgan fingerprint density at radius 2 is 2.40 bits per heavy atom. The van der Waals surface area contributed by atoms with Crippen molar-refractivity contribution in [2.75, 3.05) is 34.0 Å². The first-order valence-corrected chi connectivity index (χ1v) is 3.62. The maximum atomic E-state index is 5.27. The lowest BCUT2D eigenvalue weighted by molar-refractivity contribution is 0.127. The molecule has 0 radical (unpaired) electrons. The molecule has 1 aliphatic heterocycles. The molecule has 2 atom stereocenters. The van der Waals surface area contributed by atoms with Gasteiger partial charge in [-0.05, 0) is 7.05 Å². The maximum Gasteiger partial charge on any atom is 0.0624 e. The van der Waals surface area contributed by atoms with Crippen molar-refractivity contribution in [3.05, 3.63) is 0 Å². The first-order valence-electron chi connectivity index (χ1n) is 3.62. The quantitative estimate of drug-likeness (QED) is 0.600. The predicted molar refractivity (Wildman–Crippen MR) is 39.0 cm³/mol. The van der Waals surface area contributed by atoms with Crippen LogP contribution in [0.4, 0.5) is 0 Å². The third kappa shape index (κ3) is 1.68.